The highest BCUT2D eigenvalue weighted by molar-refractivity contribution is 5.75. The molecule has 1 aliphatic heterocycles. The van der Waals surface area contributed by atoms with Crippen molar-refractivity contribution in [3.8, 4) is 0 Å². The molecule has 1 fully saturated rings. The number of fused-ring (bicyclic) bond motifs is 1. The summed E-state index contributed by atoms with van der Waals surface area (Å²) in [5.74, 6) is 0. The fourth-order valence-electron chi connectivity index (χ4n) is 2.77. The second kappa shape index (κ2) is 6.63. The third-order valence-electron chi connectivity index (χ3n) is 3.64. The van der Waals surface area contributed by atoms with Gasteiger partial charge in [0.2, 0.25) is 0 Å². The summed E-state index contributed by atoms with van der Waals surface area (Å²) in [5, 5.41) is 2.79. The van der Waals surface area contributed by atoms with Crippen molar-refractivity contribution < 1.29 is 19.1 Å². The maximum Gasteiger partial charge on any atom is 0.429 e. The van der Waals surface area contributed by atoms with E-state index in [1.165, 1.54) is 15.6 Å². The minimum atomic E-state index is -0.499. The van der Waals surface area contributed by atoms with Gasteiger partial charge in [0, 0.05) is 0 Å². The van der Waals surface area contributed by atoms with Crippen LogP contribution in [0.4, 0.5) is 9.59 Å². The SMILES string of the molecule is CCOC(=O)N1CC=C2CCCC[C@H]2N1C(=O)OCC. The van der Waals surface area contributed by atoms with Gasteiger partial charge in [-0.3, -0.25) is 0 Å². The molecule has 2 aliphatic rings. The van der Waals surface area contributed by atoms with Crippen LogP contribution in [0.3, 0.4) is 0 Å². The monoisotopic (exact) mass is 282 g/mol. The average molecular weight is 282 g/mol. The molecule has 0 aromatic rings. The topological polar surface area (TPSA) is 59.1 Å². The Balaban J connectivity index is 2.23. The van der Waals surface area contributed by atoms with Gasteiger partial charge in [0.05, 0.1) is 25.8 Å². The number of nitrogens with zero attached hydrogens (tertiary/aromatic N) is 2. The van der Waals surface area contributed by atoms with Gasteiger partial charge in [0.15, 0.2) is 0 Å². The summed E-state index contributed by atoms with van der Waals surface area (Å²) in [7, 11) is 0. The lowest BCUT2D eigenvalue weighted by Crippen LogP contribution is -2.58. The summed E-state index contributed by atoms with van der Waals surface area (Å²) >= 11 is 0. The Hall–Kier alpha value is -1.72. The standard InChI is InChI=1S/C14H22N2O4/c1-3-19-13(17)15-10-9-11-7-5-6-8-12(11)16(15)14(18)20-4-2/h9,12H,3-8,10H2,1-2H3/t12-/m1/s1. The molecule has 20 heavy (non-hydrogen) atoms. The molecule has 0 aromatic carbocycles. The van der Waals surface area contributed by atoms with Gasteiger partial charge in [0.1, 0.15) is 0 Å². The second-order valence-electron chi connectivity index (χ2n) is 4.87. The van der Waals surface area contributed by atoms with Crippen molar-refractivity contribution in [1.29, 1.82) is 0 Å². The van der Waals surface area contributed by atoms with Gasteiger partial charge in [0.25, 0.3) is 0 Å². The van der Waals surface area contributed by atoms with E-state index in [0.29, 0.717) is 6.54 Å². The number of carbonyl (C=O) groups excluding carboxylic acids is 2. The number of hydrogen-bond acceptors (Lipinski definition) is 4. The molecule has 6 nitrogen and oxygen atoms in total. The zero-order valence-electron chi connectivity index (χ0n) is 12.1. The highest BCUT2D eigenvalue weighted by Crippen LogP contribution is 2.32. The zero-order valence-corrected chi connectivity index (χ0v) is 12.1. The maximum absolute atomic E-state index is 12.2. The van der Waals surface area contributed by atoms with Crippen molar-refractivity contribution >= 4 is 12.2 Å². The Labute approximate surface area is 119 Å². The summed E-state index contributed by atoms with van der Waals surface area (Å²) in [6, 6.07) is -0.0686. The zero-order chi connectivity index (χ0) is 14.5. The van der Waals surface area contributed by atoms with Crippen LogP contribution < -0.4 is 0 Å². The number of hydrogen-bond donors (Lipinski definition) is 0. The van der Waals surface area contributed by atoms with Crippen LogP contribution in [0.1, 0.15) is 39.5 Å². The third kappa shape index (κ3) is 2.89. The number of hydrazine groups is 1. The molecule has 1 saturated carbocycles. The first-order valence-electron chi connectivity index (χ1n) is 7.28. The Morgan fingerprint density at radius 3 is 2.60 bits per heavy atom. The molecule has 0 N–H and O–H groups in total. The fraction of sp³-hybridized carbons (Fsp3) is 0.714. The molecule has 0 unspecified atom stereocenters. The van der Waals surface area contributed by atoms with Crippen LogP contribution in [0.2, 0.25) is 0 Å². The van der Waals surface area contributed by atoms with E-state index < -0.39 is 12.2 Å². The highest BCUT2D eigenvalue weighted by Gasteiger charge is 2.39. The van der Waals surface area contributed by atoms with Crippen LogP contribution in [0, 0.1) is 0 Å². The Morgan fingerprint density at radius 2 is 1.90 bits per heavy atom. The highest BCUT2D eigenvalue weighted by atomic mass is 16.6. The van der Waals surface area contributed by atoms with Crippen molar-refractivity contribution in [2.45, 2.75) is 45.6 Å². The lowest BCUT2D eigenvalue weighted by atomic mass is 9.88. The second-order valence-corrected chi connectivity index (χ2v) is 4.87. The van der Waals surface area contributed by atoms with Gasteiger partial charge in [-0.15, -0.1) is 0 Å². The fourth-order valence-corrected chi connectivity index (χ4v) is 2.77. The molecule has 6 heteroatoms. The van der Waals surface area contributed by atoms with E-state index >= 15 is 0 Å². The Bertz CT molecular complexity index is 408. The van der Waals surface area contributed by atoms with E-state index in [9.17, 15) is 9.59 Å². The van der Waals surface area contributed by atoms with Crippen molar-refractivity contribution in [2.75, 3.05) is 19.8 Å². The van der Waals surface area contributed by atoms with E-state index in [1.54, 1.807) is 13.8 Å². The van der Waals surface area contributed by atoms with E-state index in [0.717, 1.165) is 25.7 Å². The van der Waals surface area contributed by atoms with Crippen LogP contribution in [0.15, 0.2) is 11.6 Å². The van der Waals surface area contributed by atoms with Crippen LogP contribution in [0.5, 0.6) is 0 Å². The summed E-state index contributed by atoms with van der Waals surface area (Å²) in [5.41, 5.74) is 1.23. The van der Waals surface area contributed by atoms with Crippen LogP contribution in [-0.4, -0.2) is 48.0 Å². The molecule has 2 amide bonds. The molecular formula is C14H22N2O4. The van der Waals surface area contributed by atoms with Crippen molar-refractivity contribution in [3.05, 3.63) is 11.6 Å². The van der Waals surface area contributed by atoms with Gasteiger partial charge < -0.3 is 9.47 Å². The van der Waals surface area contributed by atoms with Crippen LogP contribution in [-0.2, 0) is 9.47 Å². The number of amides is 2. The number of rotatable bonds is 2. The van der Waals surface area contributed by atoms with Crippen LogP contribution in [0.25, 0.3) is 0 Å². The van der Waals surface area contributed by atoms with Crippen LogP contribution >= 0.6 is 0 Å². The molecule has 0 saturated heterocycles. The Morgan fingerprint density at radius 1 is 1.20 bits per heavy atom. The minimum absolute atomic E-state index is 0.0686. The molecule has 0 bridgehead atoms. The largest absolute Gasteiger partial charge is 0.448 e. The van der Waals surface area contributed by atoms with Crippen molar-refractivity contribution in [1.82, 2.24) is 10.0 Å². The lowest BCUT2D eigenvalue weighted by Gasteiger charge is -2.43. The van der Waals surface area contributed by atoms with E-state index in [2.05, 4.69) is 0 Å². The predicted octanol–water partition coefficient (Wildman–Crippen LogP) is 2.70. The quantitative estimate of drug-likeness (QED) is 0.731. The molecule has 0 aromatic heterocycles. The first-order valence-corrected chi connectivity index (χ1v) is 7.28. The molecular weight excluding hydrogens is 260 g/mol. The minimum Gasteiger partial charge on any atom is -0.448 e. The van der Waals surface area contributed by atoms with E-state index in [1.807, 2.05) is 6.08 Å². The molecule has 1 heterocycles. The summed E-state index contributed by atoms with van der Waals surface area (Å²) in [6.07, 6.45) is 5.10. The number of ether oxygens (including phenoxy) is 2. The first kappa shape index (κ1) is 14.7. The smallest absolute Gasteiger partial charge is 0.429 e. The van der Waals surface area contributed by atoms with Gasteiger partial charge in [-0.05, 0) is 38.7 Å². The first-order chi connectivity index (χ1) is 9.69. The van der Waals surface area contributed by atoms with Crippen molar-refractivity contribution in [3.63, 3.8) is 0 Å². The van der Waals surface area contributed by atoms with Gasteiger partial charge >= 0.3 is 12.2 Å². The van der Waals surface area contributed by atoms with Crippen molar-refractivity contribution in [2.24, 2.45) is 0 Å². The molecule has 0 spiro atoms. The Kier molecular flexibility index (Phi) is 4.87. The van der Waals surface area contributed by atoms with Gasteiger partial charge in [-0.1, -0.05) is 12.5 Å². The predicted molar refractivity (Wildman–Crippen MR) is 72.9 cm³/mol. The summed E-state index contributed by atoms with van der Waals surface area (Å²) in [4.78, 5) is 24.2. The maximum atomic E-state index is 12.2. The molecule has 2 rings (SSSR count). The summed E-state index contributed by atoms with van der Waals surface area (Å²) < 4.78 is 10.1. The van der Waals surface area contributed by atoms with E-state index in [-0.39, 0.29) is 19.3 Å². The lowest BCUT2D eigenvalue weighted by molar-refractivity contribution is -0.0409. The number of carbonyl (C=O) groups is 2. The molecule has 112 valence electrons. The van der Waals surface area contributed by atoms with E-state index in [4.69, 9.17) is 9.47 Å². The normalized spacial score (nSPS) is 21.9. The average Bonchev–Trinajstić information content (AvgIpc) is 2.46. The molecule has 1 aliphatic carbocycles. The summed E-state index contributed by atoms with van der Waals surface area (Å²) in [6.45, 7) is 4.45. The molecule has 0 radical (unpaired) electrons. The third-order valence-corrected chi connectivity index (χ3v) is 3.64. The molecule has 1 atom stereocenters. The van der Waals surface area contributed by atoms with Gasteiger partial charge in [-0.25, -0.2) is 19.6 Å². The van der Waals surface area contributed by atoms with Gasteiger partial charge in [-0.2, -0.15) is 0 Å².